The van der Waals surface area contributed by atoms with Crippen LogP contribution in [0.25, 0.3) is 0 Å². The maximum atomic E-state index is 11.9. The Kier molecular flexibility index (Phi) is 5.45. The summed E-state index contributed by atoms with van der Waals surface area (Å²) in [6, 6.07) is 0.243. The summed E-state index contributed by atoms with van der Waals surface area (Å²) in [5.41, 5.74) is 0. The first-order valence-corrected chi connectivity index (χ1v) is 7.32. The van der Waals surface area contributed by atoms with Gasteiger partial charge in [-0.2, -0.15) is 0 Å². The number of rotatable bonds is 5. The van der Waals surface area contributed by atoms with Gasteiger partial charge in [-0.15, -0.1) is 0 Å². The number of methoxy groups -OCH3 is 1. The molecule has 3 unspecified atom stereocenters. The van der Waals surface area contributed by atoms with Crippen LogP contribution >= 0.6 is 0 Å². The lowest BCUT2D eigenvalue weighted by atomic mass is 9.94. The summed E-state index contributed by atoms with van der Waals surface area (Å²) in [6.07, 6.45) is 7.73. The first-order chi connectivity index (χ1) is 8.79. The zero-order valence-corrected chi connectivity index (χ0v) is 11.4. The van der Waals surface area contributed by atoms with Crippen molar-refractivity contribution in [2.75, 3.05) is 20.2 Å². The summed E-state index contributed by atoms with van der Waals surface area (Å²) in [7, 11) is 1.74. The molecule has 3 atom stereocenters. The lowest BCUT2D eigenvalue weighted by Gasteiger charge is -2.23. The molecule has 1 aliphatic carbocycles. The van der Waals surface area contributed by atoms with Crippen molar-refractivity contribution in [1.82, 2.24) is 10.6 Å². The van der Waals surface area contributed by atoms with E-state index in [2.05, 4.69) is 10.6 Å². The maximum absolute atomic E-state index is 11.9. The molecule has 18 heavy (non-hydrogen) atoms. The minimum absolute atomic E-state index is 0.203. The van der Waals surface area contributed by atoms with E-state index in [-0.39, 0.29) is 18.1 Å². The Morgan fingerprint density at radius 3 is 2.94 bits per heavy atom. The Morgan fingerprint density at radius 2 is 2.22 bits per heavy atom. The molecule has 4 heteroatoms. The van der Waals surface area contributed by atoms with Crippen molar-refractivity contribution in [1.29, 1.82) is 0 Å². The third-order valence-corrected chi connectivity index (χ3v) is 4.28. The Balaban J connectivity index is 1.65. The lowest BCUT2D eigenvalue weighted by Crippen LogP contribution is -2.41. The number of hydrogen-bond acceptors (Lipinski definition) is 3. The van der Waals surface area contributed by atoms with Crippen LogP contribution in [-0.2, 0) is 9.53 Å². The van der Waals surface area contributed by atoms with Gasteiger partial charge in [0.15, 0.2) is 0 Å². The van der Waals surface area contributed by atoms with E-state index in [1.807, 2.05) is 0 Å². The van der Waals surface area contributed by atoms with Gasteiger partial charge in [0.1, 0.15) is 0 Å². The largest absolute Gasteiger partial charge is 0.379 e. The molecule has 1 amide bonds. The predicted molar refractivity (Wildman–Crippen MR) is 71.4 cm³/mol. The SMILES string of the molecule is COC1CCCC1NC(=O)CCC1CCCNC1. The van der Waals surface area contributed by atoms with Crippen LogP contribution < -0.4 is 10.6 Å². The predicted octanol–water partition coefficient (Wildman–Crippen LogP) is 1.45. The summed E-state index contributed by atoms with van der Waals surface area (Å²) in [5.74, 6) is 0.890. The van der Waals surface area contributed by atoms with Gasteiger partial charge in [-0.3, -0.25) is 4.79 Å². The van der Waals surface area contributed by atoms with Gasteiger partial charge in [-0.25, -0.2) is 0 Å². The fraction of sp³-hybridized carbons (Fsp3) is 0.929. The first-order valence-electron chi connectivity index (χ1n) is 7.32. The van der Waals surface area contributed by atoms with E-state index in [1.165, 1.54) is 12.8 Å². The van der Waals surface area contributed by atoms with Crippen LogP contribution in [0.5, 0.6) is 0 Å². The second-order valence-corrected chi connectivity index (χ2v) is 5.63. The van der Waals surface area contributed by atoms with E-state index >= 15 is 0 Å². The summed E-state index contributed by atoms with van der Waals surface area (Å²) < 4.78 is 5.39. The van der Waals surface area contributed by atoms with Crippen molar-refractivity contribution in [2.24, 2.45) is 5.92 Å². The molecule has 2 rings (SSSR count). The minimum atomic E-state index is 0.203. The highest BCUT2D eigenvalue weighted by Gasteiger charge is 2.28. The summed E-state index contributed by atoms with van der Waals surface area (Å²) >= 11 is 0. The van der Waals surface area contributed by atoms with Crippen LogP contribution in [0.4, 0.5) is 0 Å². The molecule has 1 saturated carbocycles. The molecule has 0 aromatic rings. The highest BCUT2D eigenvalue weighted by atomic mass is 16.5. The van der Waals surface area contributed by atoms with Crippen LogP contribution in [0.15, 0.2) is 0 Å². The average molecular weight is 254 g/mol. The number of hydrogen-bond donors (Lipinski definition) is 2. The van der Waals surface area contributed by atoms with Gasteiger partial charge in [0.05, 0.1) is 12.1 Å². The molecule has 2 N–H and O–H groups in total. The highest BCUT2D eigenvalue weighted by molar-refractivity contribution is 5.76. The molecule has 1 heterocycles. The minimum Gasteiger partial charge on any atom is -0.379 e. The highest BCUT2D eigenvalue weighted by Crippen LogP contribution is 2.22. The van der Waals surface area contributed by atoms with Crippen LogP contribution in [0.1, 0.15) is 44.9 Å². The number of carbonyl (C=O) groups excluding carboxylic acids is 1. The average Bonchev–Trinajstić information content (AvgIpc) is 2.85. The second kappa shape index (κ2) is 7.10. The number of amides is 1. The third kappa shape index (κ3) is 3.95. The molecule has 0 aromatic carbocycles. The van der Waals surface area contributed by atoms with E-state index in [0.717, 1.165) is 38.8 Å². The van der Waals surface area contributed by atoms with Gasteiger partial charge >= 0.3 is 0 Å². The Hall–Kier alpha value is -0.610. The van der Waals surface area contributed by atoms with Gasteiger partial charge in [0.25, 0.3) is 0 Å². The number of carbonyl (C=O) groups is 1. The summed E-state index contributed by atoms with van der Waals surface area (Å²) in [5, 5.41) is 6.53. The normalized spacial score (nSPS) is 32.4. The van der Waals surface area contributed by atoms with Crippen molar-refractivity contribution >= 4 is 5.91 Å². The fourth-order valence-corrected chi connectivity index (χ4v) is 3.16. The lowest BCUT2D eigenvalue weighted by molar-refractivity contribution is -0.122. The van der Waals surface area contributed by atoms with Gasteiger partial charge in [0, 0.05) is 13.5 Å². The quantitative estimate of drug-likeness (QED) is 0.781. The van der Waals surface area contributed by atoms with E-state index in [0.29, 0.717) is 12.3 Å². The molecule has 4 nitrogen and oxygen atoms in total. The third-order valence-electron chi connectivity index (χ3n) is 4.28. The monoisotopic (exact) mass is 254 g/mol. The smallest absolute Gasteiger partial charge is 0.220 e. The standard InChI is InChI=1S/C14H26N2O2/c1-18-13-6-2-5-12(13)16-14(17)8-7-11-4-3-9-15-10-11/h11-13,15H,2-10H2,1H3,(H,16,17). The second-order valence-electron chi connectivity index (χ2n) is 5.63. The zero-order chi connectivity index (χ0) is 12.8. The zero-order valence-electron chi connectivity index (χ0n) is 11.4. The first kappa shape index (κ1) is 13.8. The molecule has 0 radical (unpaired) electrons. The van der Waals surface area contributed by atoms with Crippen molar-refractivity contribution in [3.63, 3.8) is 0 Å². The van der Waals surface area contributed by atoms with Crippen LogP contribution in [0.2, 0.25) is 0 Å². The maximum Gasteiger partial charge on any atom is 0.220 e. The fourth-order valence-electron chi connectivity index (χ4n) is 3.16. The van der Waals surface area contributed by atoms with Crippen molar-refractivity contribution in [2.45, 2.75) is 57.1 Å². The van der Waals surface area contributed by atoms with E-state index in [1.54, 1.807) is 7.11 Å². The van der Waals surface area contributed by atoms with Gasteiger partial charge < -0.3 is 15.4 Å². The molecular formula is C14H26N2O2. The van der Waals surface area contributed by atoms with Crippen LogP contribution in [0, 0.1) is 5.92 Å². The van der Waals surface area contributed by atoms with E-state index in [9.17, 15) is 4.79 Å². The van der Waals surface area contributed by atoms with E-state index < -0.39 is 0 Å². The van der Waals surface area contributed by atoms with Crippen molar-refractivity contribution in [3.05, 3.63) is 0 Å². The van der Waals surface area contributed by atoms with Gasteiger partial charge in [-0.1, -0.05) is 0 Å². The van der Waals surface area contributed by atoms with Gasteiger partial charge in [0.2, 0.25) is 5.91 Å². The van der Waals surface area contributed by atoms with Crippen LogP contribution in [0.3, 0.4) is 0 Å². The summed E-state index contributed by atoms with van der Waals surface area (Å²) in [4.78, 5) is 11.9. The molecule has 104 valence electrons. The molecular weight excluding hydrogens is 228 g/mol. The Morgan fingerprint density at radius 1 is 1.33 bits per heavy atom. The number of piperidine rings is 1. The molecule has 0 aromatic heterocycles. The molecule has 1 aliphatic heterocycles. The molecule has 2 fully saturated rings. The number of ether oxygens (including phenoxy) is 1. The molecule has 0 bridgehead atoms. The van der Waals surface area contributed by atoms with Crippen molar-refractivity contribution in [3.8, 4) is 0 Å². The van der Waals surface area contributed by atoms with Gasteiger partial charge in [-0.05, 0) is 57.5 Å². The Bertz CT molecular complexity index is 265. The van der Waals surface area contributed by atoms with Crippen LogP contribution in [-0.4, -0.2) is 38.3 Å². The summed E-state index contributed by atoms with van der Waals surface area (Å²) in [6.45, 7) is 2.22. The number of nitrogens with one attached hydrogen (secondary N) is 2. The Labute approximate surface area is 110 Å². The molecule has 0 spiro atoms. The van der Waals surface area contributed by atoms with Crippen molar-refractivity contribution < 1.29 is 9.53 Å². The molecule has 2 aliphatic rings. The topological polar surface area (TPSA) is 50.4 Å². The molecule has 1 saturated heterocycles. The van der Waals surface area contributed by atoms with E-state index in [4.69, 9.17) is 4.74 Å².